The van der Waals surface area contributed by atoms with E-state index in [1.54, 1.807) is 0 Å². The minimum absolute atomic E-state index is 0.0147. The molecule has 0 saturated heterocycles. The summed E-state index contributed by atoms with van der Waals surface area (Å²) in [5, 5.41) is 0.726. The predicted octanol–water partition coefficient (Wildman–Crippen LogP) is 2.96. The number of hydrogen-bond donors (Lipinski definition) is 1. The van der Waals surface area contributed by atoms with Crippen LogP contribution in [0, 0.1) is 5.82 Å². The summed E-state index contributed by atoms with van der Waals surface area (Å²) in [5.41, 5.74) is 1.13. The Morgan fingerprint density at radius 3 is 2.50 bits per heavy atom. The SMILES string of the molecule is CC(C)(C)c1ccc2[nH]c(=O)c(F)cc2c1. The van der Waals surface area contributed by atoms with Gasteiger partial charge in [0, 0.05) is 10.9 Å². The third-order valence-electron chi connectivity index (χ3n) is 2.66. The second kappa shape index (κ2) is 3.44. The first-order valence-electron chi connectivity index (χ1n) is 5.21. The molecule has 2 nitrogen and oxygen atoms in total. The molecule has 84 valence electrons. The Labute approximate surface area is 93.1 Å². The summed E-state index contributed by atoms with van der Waals surface area (Å²) in [4.78, 5) is 13.6. The van der Waals surface area contributed by atoms with Crippen molar-refractivity contribution in [2.45, 2.75) is 26.2 Å². The Hall–Kier alpha value is -1.64. The normalized spacial score (nSPS) is 12.0. The zero-order valence-corrected chi connectivity index (χ0v) is 9.60. The molecule has 0 aliphatic rings. The van der Waals surface area contributed by atoms with E-state index in [9.17, 15) is 9.18 Å². The summed E-state index contributed by atoms with van der Waals surface area (Å²) in [6.07, 6.45) is 0. The minimum Gasteiger partial charge on any atom is -0.319 e. The average Bonchev–Trinajstić information content (AvgIpc) is 2.17. The molecule has 0 amide bonds. The standard InChI is InChI=1S/C13H14FNO/c1-13(2,3)9-4-5-11-8(6-9)7-10(14)12(16)15-11/h4-7H,1-3H3,(H,15,16). The first-order valence-corrected chi connectivity index (χ1v) is 5.21. The Bertz CT molecular complexity index is 593. The molecule has 0 radical (unpaired) electrons. The van der Waals surface area contributed by atoms with E-state index in [2.05, 4.69) is 25.8 Å². The highest BCUT2D eigenvalue weighted by molar-refractivity contribution is 5.79. The molecule has 1 N–H and O–H groups in total. The zero-order valence-electron chi connectivity index (χ0n) is 9.60. The topological polar surface area (TPSA) is 32.9 Å². The first kappa shape index (κ1) is 10.9. The number of rotatable bonds is 0. The summed E-state index contributed by atoms with van der Waals surface area (Å²) >= 11 is 0. The lowest BCUT2D eigenvalue weighted by Gasteiger charge is -2.19. The lowest BCUT2D eigenvalue weighted by molar-refractivity contribution is 0.590. The molecule has 1 aromatic carbocycles. The van der Waals surface area contributed by atoms with Crippen LogP contribution in [0.4, 0.5) is 4.39 Å². The molecule has 1 heterocycles. The van der Waals surface area contributed by atoms with E-state index in [4.69, 9.17) is 0 Å². The van der Waals surface area contributed by atoms with Gasteiger partial charge in [-0.1, -0.05) is 26.8 Å². The van der Waals surface area contributed by atoms with Crippen molar-refractivity contribution in [3.63, 3.8) is 0 Å². The number of hydrogen-bond acceptors (Lipinski definition) is 1. The monoisotopic (exact) mass is 219 g/mol. The van der Waals surface area contributed by atoms with Crippen molar-refractivity contribution in [3.8, 4) is 0 Å². The van der Waals surface area contributed by atoms with Crippen LogP contribution in [-0.2, 0) is 5.41 Å². The smallest absolute Gasteiger partial charge is 0.284 e. The molecule has 2 aromatic rings. The molecule has 0 unspecified atom stereocenters. The van der Waals surface area contributed by atoms with Gasteiger partial charge in [-0.15, -0.1) is 0 Å². The number of pyridine rings is 1. The second-order valence-corrected chi connectivity index (χ2v) is 5.00. The highest BCUT2D eigenvalue weighted by Gasteiger charge is 2.14. The van der Waals surface area contributed by atoms with Gasteiger partial charge in [-0.3, -0.25) is 4.79 Å². The van der Waals surface area contributed by atoms with E-state index in [0.717, 1.165) is 10.9 Å². The fourth-order valence-corrected chi connectivity index (χ4v) is 1.65. The molecular weight excluding hydrogens is 205 g/mol. The van der Waals surface area contributed by atoms with Gasteiger partial charge in [-0.05, 0) is 29.2 Å². The molecule has 1 aromatic heterocycles. The van der Waals surface area contributed by atoms with E-state index >= 15 is 0 Å². The van der Waals surface area contributed by atoms with Crippen LogP contribution in [0.3, 0.4) is 0 Å². The summed E-state index contributed by atoms with van der Waals surface area (Å²) in [7, 11) is 0. The maximum atomic E-state index is 13.1. The number of aromatic nitrogens is 1. The van der Waals surface area contributed by atoms with Gasteiger partial charge < -0.3 is 4.98 Å². The van der Waals surface area contributed by atoms with E-state index in [1.807, 2.05) is 18.2 Å². The van der Waals surface area contributed by atoms with Gasteiger partial charge in [0.25, 0.3) is 5.56 Å². The summed E-state index contributed by atoms with van der Waals surface area (Å²) in [5.74, 6) is -0.737. The average molecular weight is 219 g/mol. The molecule has 0 bridgehead atoms. The molecule has 3 heteroatoms. The number of fused-ring (bicyclic) bond motifs is 1. The van der Waals surface area contributed by atoms with Crippen molar-refractivity contribution in [3.05, 3.63) is 46.0 Å². The van der Waals surface area contributed by atoms with Crippen LogP contribution < -0.4 is 5.56 Å². The van der Waals surface area contributed by atoms with E-state index < -0.39 is 11.4 Å². The number of benzene rings is 1. The lowest BCUT2D eigenvalue weighted by Crippen LogP contribution is -2.13. The van der Waals surface area contributed by atoms with Gasteiger partial charge in [0.1, 0.15) is 0 Å². The Kier molecular flexibility index (Phi) is 2.34. The molecule has 0 atom stereocenters. The van der Waals surface area contributed by atoms with E-state index in [0.29, 0.717) is 5.52 Å². The van der Waals surface area contributed by atoms with Crippen LogP contribution >= 0.6 is 0 Å². The number of nitrogens with one attached hydrogen (secondary N) is 1. The predicted molar refractivity (Wildman–Crippen MR) is 63.2 cm³/mol. The Morgan fingerprint density at radius 2 is 1.88 bits per heavy atom. The molecular formula is C13H14FNO. The highest BCUT2D eigenvalue weighted by Crippen LogP contribution is 2.24. The molecule has 0 aliphatic carbocycles. The zero-order chi connectivity index (χ0) is 11.9. The molecule has 0 fully saturated rings. The van der Waals surface area contributed by atoms with Crippen LogP contribution in [0.25, 0.3) is 10.9 Å². The van der Waals surface area contributed by atoms with Crippen LogP contribution in [0.1, 0.15) is 26.3 Å². The minimum atomic E-state index is -0.737. The third kappa shape index (κ3) is 1.85. The van der Waals surface area contributed by atoms with Gasteiger partial charge >= 0.3 is 0 Å². The van der Waals surface area contributed by atoms with Gasteiger partial charge in [-0.2, -0.15) is 0 Å². The lowest BCUT2D eigenvalue weighted by atomic mass is 9.86. The maximum Gasteiger partial charge on any atom is 0.284 e. The van der Waals surface area contributed by atoms with Crippen LogP contribution in [-0.4, -0.2) is 4.98 Å². The largest absolute Gasteiger partial charge is 0.319 e. The van der Waals surface area contributed by atoms with Crippen molar-refractivity contribution in [1.82, 2.24) is 4.98 Å². The highest BCUT2D eigenvalue weighted by atomic mass is 19.1. The van der Waals surface area contributed by atoms with E-state index in [-0.39, 0.29) is 5.41 Å². The van der Waals surface area contributed by atoms with Crippen LogP contribution in [0.15, 0.2) is 29.1 Å². The van der Waals surface area contributed by atoms with Gasteiger partial charge in [-0.25, -0.2) is 4.39 Å². The molecule has 2 rings (SSSR count). The Balaban J connectivity index is 2.72. The summed E-state index contributed by atoms with van der Waals surface area (Å²) in [6.45, 7) is 6.28. The van der Waals surface area contributed by atoms with Gasteiger partial charge in [0.15, 0.2) is 5.82 Å². The molecule has 0 saturated carbocycles. The van der Waals surface area contributed by atoms with Crippen molar-refractivity contribution in [2.24, 2.45) is 0 Å². The van der Waals surface area contributed by atoms with Crippen LogP contribution in [0.5, 0.6) is 0 Å². The first-order chi connectivity index (χ1) is 7.38. The number of H-pyrrole nitrogens is 1. The van der Waals surface area contributed by atoms with Gasteiger partial charge in [0.2, 0.25) is 0 Å². The quantitative estimate of drug-likeness (QED) is 0.726. The summed E-state index contributed by atoms with van der Waals surface area (Å²) in [6, 6.07) is 6.96. The van der Waals surface area contributed by atoms with Crippen molar-refractivity contribution < 1.29 is 4.39 Å². The van der Waals surface area contributed by atoms with Crippen molar-refractivity contribution in [1.29, 1.82) is 0 Å². The number of halogens is 1. The van der Waals surface area contributed by atoms with E-state index in [1.165, 1.54) is 6.07 Å². The molecule has 0 spiro atoms. The number of aromatic amines is 1. The second-order valence-electron chi connectivity index (χ2n) is 5.00. The molecule has 16 heavy (non-hydrogen) atoms. The molecule has 0 aliphatic heterocycles. The third-order valence-corrected chi connectivity index (χ3v) is 2.66. The summed E-state index contributed by atoms with van der Waals surface area (Å²) < 4.78 is 13.1. The Morgan fingerprint density at radius 1 is 1.19 bits per heavy atom. The fourth-order valence-electron chi connectivity index (χ4n) is 1.65. The fraction of sp³-hybridized carbons (Fsp3) is 0.308. The van der Waals surface area contributed by atoms with Crippen molar-refractivity contribution >= 4 is 10.9 Å². The van der Waals surface area contributed by atoms with Crippen LogP contribution in [0.2, 0.25) is 0 Å². The van der Waals surface area contributed by atoms with Crippen molar-refractivity contribution in [2.75, 3.05) is 0 Å². The maximum absolute atomic E-state index is 13.1. The van der Waals surface area contributed by atoms with Gasteiger partial charge in [0.05, 0.1) is 0 Å².